The van der Waals surface area contributed by atoms with E-state index in [-0.39, 0.29) is 11.1 Å². The monoisotopic (exact) mass is 246 g/mol. The minimum Gasteiger partial charge on any atom is -0.464 e. The first-order chi connectivity index (χ1) is 8.15. The van der Waals surface area contributed by atoms with Crippen LogP contribution in [0, 0.1) is 11.3 Å². The van der Waals surface area contributed by atoms with Gasteiger partial charge in [-0.2, -0.15) is 5.26 Å². The Labute approximate surface area is 105 Å². The van der Waals surface area contributed by atoms with E-state index in [0.717, 1.165) is 11.1 Å². The summed E-state index contributed by atoms with van der Waals surface area (Å²) in [6.07, 6.45) is 3.28. The summed E-state index contributed by atoms with van der Waals surface area (Å²) in [5.41, 5.74) is 2.07. The van der Waals surface area contributed by atoms with E-state index in [1.807, 2.05) is 19.9 Å². The lowest BCUT2D eigenvalue weighted by molar-refractivity contribution is 0.580. The van der Waals surface area contributed by atoms with E-state index < -0.39 is 0 Å². The summed E-state index contributed by atoms with van der Waals surface area (Å²) in [6, 6.07) is 5.70. The van der Waals surface area contributed by atoms with Crippen LogP contribution in [-0.2, 0) is 0 Å². The van der Waals surface area contributed by atoms with Crippen molar-refractivity contribution < 1.29 is 4.42 Å². The molecule has 0 bridgehead atoms. The normalized spacial score (nSPS) is 10.5. The van der Waals surface area contributed by atoms with Crippen molar-refractivity contribution in [2.24, 2.45) is 0 Å². The molecule has 0 spiro atoms. The molecule has 0 radical (unpaired) electrons. The fourth-order valence-electron chi connectivity index (χ4n) is 1.73. The van der Waals surface area contributed by atoms with Gasteiger partial charge < -0.3 is 4.42 Å². The number of nitriles is 1. The molecule has 0 aliphatic rings. The largest absolute Gasteiger partial charge is 0.464 e. The molecule has 2 rings (SSSR count). The molecule has 0 N–H and O–H groups in total. The van der Waals surface area contributed by atoms with Crippen LogP contribution < -0.4 is 0 Å². The fourth-order valence-corrected chi connectivity index (χ4v) is 1.91. The Morgan fingerprint density at radius 3 is 2.76 bits per heavy atom. The molecule has 86 valence electrons. The number of pyridine rings is 1. The van der Waals surface area contributed by atoms with Crippen molar-refractivity contribution in [2.45, 2.75) is 19.8 Å². The molecule has 0 aromatic carbocycles. The number of aromatic nitrogens is 1. The lowest BCUT2D eigenvalue weighted by atomic mass is 9.95. The number of halogens is 1. The van der Waals surface area contributed by atoms with Crippen LogP contribution >= 0.6 is 11.6 Å². The average molecular weight is 247 g/mol. The molecule has 4 heteroatoms. The third kappa shape index (κ3) is 2.04. The maximum absolute atomic E-state index is 9.19. The minimum absolute atomic E-state index is 0.211. The highest BCUT2D eigenvalue weighted by Gasteiger charge is 2.19. The summed E-state index contributed by atoms with van der Waals surface area (Å²) in [5.74, 6) is 0.890. The highest BCUT2D eigenvalue weighted by atomic mass is 35.5. The summed E-state index contributed by atoms with van der Waals surface area (Å²) < 4.78 is 5.37. The zero-order chi connectivity index (χ0) is 12.4. The maximum atomic E-state index is 9.19. The Bertz CT molecular complexity index is 568. The molecule has 2 aromatic rings. The smallest absolute Gasteiger partial charge is 0.147 e. The van der Waals surface area contributed by atoms with Gasteiger partial charge in [0.15, 0.2) is 0 Å². The zero-order valence-electron chi connectivity index (χ0n) is 9.57. The quantitative estimate of drug-likeness (QED) is 0.753. The van der Waals surface area contributed by atoms with Gasteiger partial charge in [-0.25, -0.2) is 4.98 Å². The molecule has 0 aliphatic heterocycles. The van der Waals surface area contributed by atoms with Crippen LogP contribution in [0.5, 0.6) is 0 Å². The average Bonchev–Trinajstić information content (AvgIpc) is 2.81. The SMILES string of the molecule is CC(C)c1cnc(Cl)c(C#N)c1-c1ccco1. The Morgan fingerprint density at radius 1 is 1.47 bits per heavy atom. The van der Waals surface area contributed by atoms with E-state index in [1.54, 1.807) is 18.5 Å². The van der Waals surface area contributed by atoms with Gasteiger partial charge in [-0.1, -0.05) is 25.4 Å². The van der Waals surface area contributed by atoms with Crippen LogP contribution in [0.25, 0.3) is 11.3 Å². The van der Waals surface area contributed by atoms with Gasteiger partial charge in [-0.3, -0.25) is 0 Å². The lowest BCUT2D eigenvalue weighted by Gasteiger charge is -2.12. The number of furan rings is 1. The third-order valence-electron chi connectivity index (χ3n) is 2.56. The summed E-state index contributed by atoms with van der Waals surface area (Å²) in [7, 11) is 0. The van der Waals surface area contributed by atoms with Gasteiger partial charge in [0.1, 0.15) is 22.5 Å². The highest BCUT2D eigenvalue weighted by Crippen LogP contribution is 2.34. The Hall–Kier alpha value is -1.79. The first-order valence-corrected chi connectivity index (χ1v) is 5.65. The fraction of sp³-hybridized carbons (Fsp3) is 0.231. The van der Waals surface area contributed by atoms with E-state index in [4.69, 9.17) is 16.0 Å². The Balaban J connectivity index is 2.77. The van der Waals surface area contributed by atoms with Crippen molar-refractivity contribution in [3.63, 3.8) is 0 Å². The van der Waals surface area contributed by atoms with Crippen molar-refractivity contribution in [1.82, 2.24) is 4.98 Å². The number of hydrogen-bond donors (Lipinski definition) is 0. The molecular weight excluding hydrogens is 236 g/mol. The maximum Gasteiger partial charge on any atom is 0.147 e. The van der Waals surface area contributed by atoms with Gasteiger partial charge in [0.2, 0.25) is 0 Å². The van der Waals surface area contributed by atoms with Crippen LogP contribution in [0.4, 0.5) is 0 Å². The number of rotatable bonds is 2. The van der Waals surface area contributed by atoms with Gasteiger partial charge in [0.05, 0.1) is 6.26 Å². The van der Waals surface area contributed by atoms with Gasteiger partial charge in [-0.15, -0.1) is 0 Å². The molecule has 0 saturated heterocycles. The first-order valence-electron chi connectivity index (χ1n) is 5.27. The minimum atomic E-state index is 0.211. The molecule has 17 heavy (non-hydrogen) atoms. The zero-order valence-corrected chi connectivity index (χ0v) is 10.3. The second-order valence-electron chi connectivity index (χ2n) is 4.00. The first kappa shape index (κ1) is 11.7. The van der Waals surface area contributed by atoms with Crippen LogP contribution in [0.15, 0.2) is 29.0 Å². The van der Waals surface area contributed by atoms with Crippen molar-refractivity contribution in [3.05, 3.63) is 40.9 Å². The molecular formula is C13H11ClN2O. The van der Waals surface area contributed by atoms with E-state index in [1.165, 1.54) is 0 Å². The summed E-state index contributed by atoms with van der Waals surface area (Å²) in [5, 5.41) is 9.40. The molecule has 0 unspecified atom stereocenters. The molecule has 0 aliphatic carbocycles. The second kappa shape index (κ2) is 4.60. The van der Waals surface area contributed by atoms with Gasteiger partial charge in [0.25, 0.3) is 0 Å². The number of nitrogens with zero attached hydrogens (tertiary/aromatic N) is 2. The third-order valence-corrected chi connectivity index (χ3v) is 2.85. The van der Waals surface area contributed by atoms with Crippen LogP contribution in [-0.4, -0.2) is 4.98 Å². The highest BCUT2D eigenvalue weighted by molar-refractivity contribution is 6.31. The Morgan fingerprint density at radius 2 is 2.24 bits per heavy atom. The van der Waals surface area contributed by atoms with Crippen molar-refractivity contribution in [3.8, 4) is 17.4 Å². The standard InChI is InChI=1S/C13H11ClN2O/c1-8(2)10-7-16-13(14)9(6-15)12(10)11-4-3-5-17-11/h3-5,7-8H,1-2H3. The van der Waals surface area contributed by atoms with E-state index >= 15 is 0 Å². The predicted octanol–water partition coefficient (Wildman–Crippen LogP) is 3.99. The second-order valence-corrected chi connectivity index (χ2v) is 4.36. The lowest BCUT2D eigenvalue weighted by Crippen LogP contribution is -1.98. The van der Waals surface area contributed by atoms with E-state index in [9.17, 15) is 5.26 Å². The van der Waals surface area contributed by atoms with Crippen LogP contribution in [0.2, 0.25) is 5.15 Å². The summed E-state index contributed by atoms with van der Waals surface area (Å²) >= 11 is 5.95. The number of hydrogen-bond acceptors (Lipinski definition) is 3. The molecule has 0 fully saturated rings. The van der Waals surface area contributed by atoms with Crippen LogP contribution in [0.3, 0.4) is 0 Å². The van der Waals surface area contributed by atoms with Crippen molar-refractivity contribution in [1.29, 1.82) is 5.26 Å². The topological polar surface area (TPSA) is 49.8 Å². The van der Waals surface area contributed by atoms with Crippen LogP contribution in [0.1, 0.15) is 30.9 Å². The molecule has 0 saturated carbocycles. The molecule has 0 amide bonds. The van der Waals surface area contributed by atoms with Gasteiger partial charge in [0, 0.05) is 11.8 Å². The van der Waals surface area contributed by atoms with E-state index in [0.29, 0.717) is 11.3 Å². The summed E-state index contributed by atoms with van der Waals surface area (Å²) in [6.45, 7) is 4.08. The Kier molecular flexibility index (Phi) is 3.16. The molecule has 2 aromatic heterocycles. The molecule has 3 nitrogen and oxygen atoms in total. The molecule has 0 atom stereocenters. The van der Waals surface area contributed by atoms with Gasteiger partial charge >= 0.3 is 0 Å². The van der Waals surface area contributed by atoms with Gasteiger partial charge in [-0.05, 0) is 23.6 Å². The summed E-state index contributed by atoms with van der Waals surface area (Å²) in [4.78, 5) is 4.04. The van der Waals surface area contributed by atoms with Crippen molar-refractivity contribution >= 4 is 11.6 Å². The van der Waals surface area contributed by atoms with E-state index in [2.05, 4.69) is 11.1 Å². The van der Waals surface area contributed by atoms with Crippen molar-refractivity contribution in [2.75, 3.05) is 0 Å². The predicted molar refractivity (Wildman–Crippen MR) is 65.8 cm³/mol. The molecule has 2 heterocycles.